The van der Waals surface area contributed by atoms with Crippen molar-refractivity contribution in [1.82, 2.24) is 15.0 Å². The first kappa shape index (κ1) is 15.2. The number of ether oxygens (including phenoxy) is 1. The second kappa shape index (κ2) is 7.01. The maximum Gasteiger partial charge on any atom is 0.478 e. The monoisotopic (exact) mass is 289 g/mol. The topological polar surface area (TPSA) is 97.5 Å². The second-order valence-electron chi connectivity index (χ2n) is 4.47. The number of nitrogens with zero attached hydrogens (tertiary/aromatic N) is 3. The van der Waals surface area contributed by atoms with Crippen molar-refractivity contribution in [3.05, 3.63) is 47.8 Å². The van der Waals surface area contributed by atoms with Crippen LogP contribution in [0.3, 0.4) is 0 Å². The van der Waals surface area contributed by atoms with Crippen LogP contribution in [0.25, 0.3) is 0 Å². The van der Waals surface area contributed by atoms with Crippen LogP contribution < -0.4 is 0 Å². The smallest absolute Gasteiger partial charge is 0.461 e. The summed E-state index contributed by atoms with van der Waals surface area (Å²) >= 11 is 0. The van der Waals surface area contributed by atoms with E-state index in [9.17, 15) is 14.8 Å². The van der Waals surface area contributed by atoms with Crippen molar-refractivity contribution in [3.63, 3.8) is 0 Å². The highest BCUT2D eigenvalue weighted by Gasteiger charge is 2.28. The van der Waals surface area contributed by atoms with E-state index in [4.69, 9.17) is 4.74 Å². The van der Waals surface area contributed by atoms with E-state index in [2.05, 4.69) is 10.3 Å². The molecular weight excluding hydrogens is 273 g/mol. The molecular formula is C13H16BN3O4. The van der Waals surface area contributed by atoms with Crippen LogP contribution in [-0.4, -0.2) is 44.7 Å². The van der Waals surface area contributed by atoms with Crippen LogP contribution >= 0.6 is 0 Å². The predicted octanol–water partition coefficient (Wildman–Crippen LogP) is 0.251. The van der Waals surface area contributed by atoms with Crippen molar-refractivity contribution in [2.24, 2.45) is 0 Å². The molecule has 7 nitrogen and oxygen atoms in total. The minimum Gasteiger partial charge on any atom is -0.461 e. The zero-order chi connectivity index (χ0) is 15.2. The van der Waals surface area contributed by atoms with E-state index < -0.39 is 19.0 Å². The SMILES string of the molecule is CCOC(=O)c1cn(C(Cc2ccccc2)B(O)O)nn1. The second-order valence-corrected chi connectivity index (χ2v) is 4.47. The van der Waals surface area contributed by atoms with Gasteiger partial charge in [0.25, 0.3) is 0 Å². The highest BCUT2D eigenvalue weighted by atomic mass is 16.5. The van der Waals surface area contributed by atoms with E-state index in [1.54, 1.807) is 6.92 Å². The van der Waals surface area contributed by atoms with E-state index in [0.717, 1.165) is 5.56 Å². The maximum atomic E-state index is 11.5. The summed E-state index contributed by atoms with van der Waals surface area (Å²) in [6, 6.07) is 9.35. The Labute approximate surface area is 122 Å². The van der Waals surface area contributed by atoms with E-state index in [0.29, 0.717) is 6.42 Å². The Morgan fingerprint density at radius 3 is 2.71 bits per heavy atom. The summed E-state index contributed by atoms with van der Waals surface area (Å²) in [6.45, 7) is 1.93. The zero-order valence-electron chi connectivity index (χ0n) is 11.6. The van der Waals surface area contributed by atoms with E-state index in [-0.39, 0.29) is 12.3 Å². The first-order valence-corrected chi connectivity index (χ1v) is 6.60. The number of hydrogen-bond acceptors (Lipinski definition) is 6. The highest BCUT2D eigenvalue weighted by molar-refractivity contribution is 6.42. The lowest BCUT2D eigenvalue weighted by atomic mass is 9.76. The molecule has 0 aliphatic carbocycles. The van der Waals surface area contributed by atoms with Crippen molar-refractivity contribution in [3.8, 4) is 0 Å². The van der Waals surface area contributed by atoms with Gasteiger partial charge in [0.05, 0.1) is 18.7 Å². The number of hydrogen-bond donors (Lipinski definition) is 2. The van der Waals surface area contributed by atoms with Gasteiger partial charge < -0.3 is 14.8 Å². The summed E-state index contributed by atoms with van der Waals surface area (Å²) in [5.74, 6) is -1.32. The normalized spacial score (nSPS) is 12.0. The van der Waals surface area contributed by atoms with Gasteiger partial charge in [0.1, 0.15) is 0 Å². The summed E-state index contributed by atoms with van der Waals surface area (Å²) in [7, 11) is -1.62. The van der Waals surface area contributed by atoms with Crippen LogP contribution in [0.1, 0.15) is 28.9 Å². The molecule has 0 radical (unpaired) electrons. The average Bonchev–Trinajstić information content (AvgIpc) is 2.95. The molecule has 1 aromatic heterocycles. The number of carbonyl (C=O) groups excluding carboxylic acids is 1. The van der Waals surface area contributed by atoms with Crippen LogP contribution in [0.15, 0.2) is 36.5 Å². The fourth-order valence-corrected chi connectivity index (χ4v) is 1.93. The first-order chi connectivity index (χ1) is 10.1. The van der Waals surface area contributed by atoms with Crippen molar-refractivity contribution in [1.29, 1.82) is 0 Å². The average molecular weight is 289 g/mol. The van der Waals surface area contributed by atoms with Crippen LogP contribution in [0.4, 0.5) is 0 Å². The molecule has 1 aromatic carbocycles. The largest absolute Gasteiger partial charge is 0.478 e. The summed E-state index contributed by atoms with van der Waals surface area (Å²) in [6.07, 6.45) is 1.70. The Morgan fingerprint density at radius 2 is 2.10 bits per heavy atom. The summed E-state index contributed by atoms with van der Waals surface area (Å²) in [5.41, 5.74) is 0.958. The molecule has 0 bridgehead atoms. The van der Waals surface area contributed by atoms with Crippen molar-refractivity contribution >= 4 is 13.1 Å². The Bertz CT molecular complexity index is 588. The molecule has 2 aromatic rings. The lowest BCUT2D eigenvalue weighted by Crippen LogP contribution is -2.31. The van der Waals surface area contributed by atoms with Gasteiger partial charge in [-0.2, -0.15) is 0 Å². The zero-order valence-corrected chi connectivity index (χ0v) is 11.6. The van der Waals surface area contributed by atoms with Crippen molar-refractivity contribution < 1.29 is 19.6 Å². The van der Waals surface area contributed by atoms with E-state index in [1.807, 2.05) is 30.3 Å². The van der Waals surface area contributed by atoms with Gasteiger partial charge in [0.15, 0.2) is 5.69 Å². The Balaban J connectivity index is 2.17. The number of rotatable bonds is 6. The Kier molecular flexibility index (Phi) is 5.07. The molecule has 0 saturated heterocycles. The molecule has 0 spiro atoms. The number of esters is 1. The van der Waals surface area contributed by atoms with E-state index in [1.165, 1.54) is 10.9 Å². The van der Waals surface area contributed by atoms with Gasteiger partial charge in [-0.3, -0.25) is 4.68 Å². The minimum atomic E-state index is -1.62. The van der Waals surface area contributed by atoms with Gasteiger partial charge in [-0.25, -0.2) is 4.79 Å². The Hall–Kier alpha value is -2.19. The molecule has 0 aliphatic heterocycles. The summed E-state index contributed by atoms with van der Waals surface area (Å²) in [5, 5.41) is 26.5. The van der Waals surface area contributed by atoms with Gasteiger partial charge in [-0.1, -0.05) is 35.5 Å². The van der Waals surface area contributed by atoms with Crippen LogP contribution in [0.5, 0.6) is 0 Å². The van der Waals surface area contributed by atoms with Gasteiger partial charge in [-0.05, 0) is 18.9 Å². The van der Waals surface area contributed by atoms with Gasteiger partial charge in [0.2, 0.25) is 0 Å². The molecule has 0 amide bonds. The molecule has 2 N–H and O–H groups in total. The number of carbonyl (C=O) groups is 1. The molecule has 0 fully saturated rings. The fourth-order valence-electron chi connectivity index (χ4n) is 1.93. The third-order valence-electron chi connectivity index (χ3n) is 2.97. The molecule has 2 rings (SSSR count). The fraction of sp³-hybridized carbons (Fsp3) is 0.308. The van der Waals surface area contributed by atoms with Crippen molar-refractivity contribution in [2.45, 2.75) is 19.3 Å². The maximum absolute atomic E-state index is 11.5. The predicted molar refractivity (Wildman–Crippen MR) is 75.4 cm³/mol. The minimum absolute atomic E-state index is 0.0376. The summed E-state index contributed by atoms with van der Waals surface area (Å²) < 4.78 is 6.09. The lowest BCUT2D eigenvalue weighted by molar-refractivity contribution is 0.0519. The quantitative estimate of drug-likeness (QED) is 0.584. The van der Waals surface area contributed by atoms with Gasteiger partial charge in [-0.15, -0.1) is 5.10 Å². The molecule has 1 heterocycles. The summed E-state index contributed by atoms with van der Waals surface area (Å²) in [4.78, 5) is 11.5. The third-order valence-corrected chi connectivity index (χ3v) is 2.97. The molecule has 8 heteroatoms. The number of aromatic nitrogens is 3. The Morgan fingerprint density at radius 1 is 1.38 bits per heavy atom. The van der Waals surface area contributed by atoms with E-state index >= 15 is 0 Å². The van der Waals surface area contributed by atoms with Crippen molar-refractivity contribution in [2.75, 3.05) is 6.61 Å². The molecule has 110 valence electrons. The molecule has 21 heavy (non-hydrogen) atoms. The lowest BCUT2D eigenvalue weighted by Gasteiger charge is -2.15. The molecule has 1 unspecified atom stereocenters. The highest BCUT2D eigenvalue weighted by Crippen LogP contribution is 2.15. The van der Waals surface area contributed by atoms with Gasteiger partial charge in [0, 0.05) is 0 Å². The molecule has 0 aliphatic rings. The number of benzene rings is 1. The first-order valence-electron chi connectivity index (χ1n) is 6.60. The molecule has 1 atom stereocenters. The van der Waals surface area contributed by atoms with Crippen LogP contribution in [-0.2, 0) is 11.2 Å². The van der Waals surface area contributed by atoms with Crippen LogP contribution in [0.2, 0.25) is 0 Å². The van der Waals surface area contributed by atoms with Crippen LogP contribution in [0, 0.1) is 0 Å². The molecule has 0 saturated carbocycles. The van der Waals surface area contributed by atoms with Gasteiger partial charge >= 0.3 is 13.1 Å². The standard InChI is InChI=1S/C13H16BN3O4/c1-2-21-13(18)11-9-17(16-15-11)12(14(19)20)8-10-6-4-3-5-7-10/h3-7,9,12,19-20H,2,8H2,1H3. The third kappa shape index (κ3) is 3.90.